The molecule has 0 saturated carbocycles. The van der Waals surface area contributed by atoms with Gasteiger partial charge in [-0.1, -0.05) is 0 Å². The second kappa shape index (κ2) is 4.55. The number of aliphatic hydroxyl groups is 1. The first kappa shape index (κ1) is 10.4. The lowest BCUT2D eigenvalue weighted by Crippen LogP contribution is -2.12. The van der Waals surface area contributed by atoms with E-state index in [1.807, 2.05) is 0 Å². The van der Waals surface area contributed by atoms with Crippen LogP contribution in [0.4, 0.5) is 0 Å². The molecule has 0 amide bonds. The second-order valence-electron chi connectivity index (χ2n) is 2.50. The zero-order chi connectivity index (χ0) is 9.84. The van der Waals surface area contributed by atoms with Crippen molar-refractivity contribution in [3.63, 3.8) is 0 Å². The normalized spacial score (nSPS) is 12.6. The maximum Gasteiger partial charge on any atom is 0.213 e. The summed E-state index contributed by atoms with van der Waals surface area (Å²) in [6, 6.07) is 1.65. The summed E-state index contributed by atoms with van der Waals surface area (Å²) in [5.74, 6) is 0.464. The molecule has 72 valence electrons. The predicted molar refractivity (Wildman–Crippen MR) is 52.5 cm³/mol. The summed E-state index contributed by atoms with van der Waals surface area (Å²) in [7, 11) is 1.52. The molecule has 0 radical (unpaired) electrons. The number of methoxy groups -OCH3 is 1. The number of pyridine rings is 1. The minimum Gasteiger partial charge on any atom is -0.481 e. The molecule has 5 heteroatoms. The van der Waals surface area contributed by atoms with Gasteiger partial charge in [-0.2, -0.15) is 0 Å². The molecule has 13 heavy (non-hydrogen) atoms. The van der Waals surface area contributed by atoms with Crippen LogP contribution in [0.25, 0.3) is 0 Å². The lowest BCUT2D eigenvalue weighted by Gasteiger charge is -2.10. The number of aromatic nitrogens is 1. The number of rotatable bonds is 3. The van der Waals surface area contributed by atoms with Crippen LogP contribution in [0.3, 0.4) is 0 Å². The molecular formula is C8H11BrN2O2. The fourth-order valence-corrected chi connectivity index (χ4v) is 1.41. The highest BCUT2D eigenvalue weighted by Crippen LogP contribution is 2.24. The molecule has 0 spiro atoms. The number of aliphatic hydroxyl groups excluding tert-OH is 1. The minimum absolute atomic E-state index is 0.172. The molecular weight excluding hydrogens is 236 g/mol. The Balaban J connectivity index is 3.03. The summed E-state index contributed by atoms with van der Waals surface area (Å²) in [4.78, 5) is 3.95. The number of hydrogen-bond donors (Lipinski definition) is 2. The quantitative estimate of drug-likeness (QED) is 0.830. The molecule has 0 aliphatic heterocycles. The molecule has 0 aliphatic rings. The van der Waals surface area contributed by atoms with Crippen molar-refractivity contribution in [1.82, 2.24) is 4.98 Å². The van der Waals surface area contributed by atoms with Gasteiger partial charge in [-0.15, -0.1) is 0 Å². The van der Waals surface area contributed by atoms with Gasteiger partial charge < -0.3 is 15.6 Å². The molecule has 1 atom stereocenters. The topological polar surface area (TPSA) is 68.4 Å². The summed E-state index contributed by atoms with van der Waals surface area (Å²) in [6.07, 6.45) is 0.888. The Morgan fingerprint density at radius 2 is 2.46 bits per heavy atom. The Hall–Kier alpha value is -0.650. The first-order chi connectivity index (χ1) is 6.19. The van der Waals surface area contributed by atoms with Crippen LogP contribution in [-0.2, 0) is 0 Å². The average molecular weight is 247 g/mol. The van der Waals surface area contributed by atoms with Crippen LogP contribution in [0.15, 0.2) is 16.7 Å². The highest BCUT2D eigenvalue weighted by atomic mass is 79.9. The van der Waals surface area contributed by atoms with E-state index in [9.17, 15) is 5.11 Å². The van der Waals surface area contributed by atoms with Crippen LogP contribution in [0, 0.1) is 0 Å². The lowest BCUT2D eigenvalue weighted by atomic mass is 10.1. The van der Waals surface area contributed by atoms with Crippen LogP contribution in [-0.4, -0.2) is 23.7 Å². The molecule has 0 saturated heterocycles. The van der Waals surface area contributed by atoms with Gasteiger partial charge in [0.15, 0.2) is 0 Å². The van der Waals surface area contributed by atoms with Gasteiger partial charge >= 0.3 is 0 Å². The van der Waals surface area contributed by atoms with Crippen molar-refractivity contribution in [2.45, 2.75) is 6.10 Å². The van der Waals surface area contributed by atoms with Crippen LogP contribution < -0.4 is 10.5 Å². The standard InChI is InChI=1S/C8H11BrN2O2/c1-13-8-2-5(7(12)3-10)6(9)4-11-8/h2,4,7,12H,3,10H2,1H3. The third-order valence-corrected chi connectivity index (χ3v) is 2.31. The fraction of sp³-hybridized carbons (Fsp3) is 0.375. The van der Waals surface area contributed by atoms with Gasteiger partial charge in [0.1, 0.15) is 0 Å². The first-order valence-corrected chi connectivity index (χ1v) is 4.56. The van der Waals surface area contributed by atoms with E-state index in [4.69, 9.17) is 10.5 Å². The fourth-order valence-electron chi connectivity index (χ4n) is 0.928. The van der Waals surface area contributed by atoms with Crippen LogP contribution in [0.1, 0.15) is 11.7 Å². The Bertz CT molecular complexity index is 293. The monoisotopic (exact) mass is 246 g/mol. The van der Waals surface area contributed by atoms with Gasteiger partial charge in [0.25, 0.3) is 0 Å². The predicted octanol–water partition coefficient (Wildman–Crippen LogP) is 0.845. The second-order valence-corrected chi connectivity index (χ2v) is 3.35. The van der Waals surface area contributed by atoms with Gasteiger partial charge in [-0.05, 0) is 15.9 Å². The summed E-state index contributed by atoms with van der Waals surface area (Å²) in [5, 5.41) is 9.49. The molecule has 1 heterocycles. The number of halogens is 1. The van der Waals surface area contributed by atoms with Crippen molar-refractivity contribution >= 4 is 15.9 Å². The summed E-state index contributed by atoms with van der Waals surface area (Å²) in [6.45, 7) is 0.172. The average Bonchev–Trinajstić information content (AvgIpc) is 2.17. The smallest absolute Gasteiger partial charge is 0.213 e. The van der Waals surface area contributed by atoms with Crippen molar-refractivity contribution < 1.29 is 9.84 Å². The Morgan fingerprint density at radius 3 is 3.00 bits per heavy atom. The number of nitrogens with zero attached hydrogens (tertiary/aromatic N) is 1. The highest BCUT2D eigenvalue weighted by molar-refractivity contribution is 9.10. The number of ether oxygens (including phenoxy) is 1. The molecule has 1 aromatic heterocycles. The van der Waals surface area contributed by atoms with E-state index in [-0.39, 0.29) is 6.54 Å². The Morgan fingerprint density at radius 1 is 1.77 bits per heavy atom. The zero-order valence-corrected chi connectivity index (χ0v) is 8.78. The number of nitrogens with two attached hydrogens (primary N) is 1. The van der Waals surface area contributed by atoms with Crippen LogP contribution in [0.5, 0.6) is 5.88 Å². The van der Waals surface area contributed by atoms with E-state index < -0.39 is 6.10 Å². The SMILES string of the molecule is COc1cc(C(O)CN)c(Br)cn1. The zero-order valence-electron chi connectivity index (χ0n) is 7.20. The van der Waals surface area contributed by atoms with Gasteiger partial charge in [0.05, 0.1) is 13.2 Å². The number of hydrogen-bond acceptors (Lipinski definition) is 4. The van der Waals surface area contributed by atoms with E-state index >= 15 is 0 Å². The molecule has 4 nitrogen and oxygen atoms in total. The van der Waals surface area contributed by atoms with Gasteiger partial charge in [-0.25, -0.2) is 4.98 Å². The minimum atomic E-state index is -0.689. The van der Waals surface area contributed by atoms with E-state index in [0.29, 0.717) is 11.4 Å². The van der Waals surface area contributed by atoms with Crippen molar-refractivity contribution in [3.8, 4) is 5.88 Å². The van der Waals surface area contributed by atoms with E-state index in [1.165, 1.54) is 7.11 Å². The Kier molecular flexibility index (Phi) is 3.65. The molecule has 0 aromatic carbocycles. The first-order valence-electron chi connectivity index (χ1n) is 3.76. The van der Waals surface area contributed by atoms with Crippen molar-refractivity contribution in [1.29, 1.82) is 0 Å². The van der Waals surface area contributed by atoms with Gasteiger partial charge in [0, 0.05) is 28.8 Å². The van der Waals surface area contributed by atoms with E-state index in [1.54, 1.807) is 12.3 Å². The molecule has 1 unspecified atom stereocenters. The van der Waals surface area contributed by atoms with Gasteiger partial charge in [0.2, 0.25) is 5.88 Å². The molecule has 0 bridgehead atoms. The summed E-state index contributed by atoms with van der Waals surface area (Å²) >= 11 is 3.27. The van der Waals surface area contributed by atoms with E-state index in [2.05, 4.69) is 20.9 Å². The lowest BCUT2D eigenvalue weighted by molar-refractivity contribution is 0.185. The molecule has 0 aliphatic carbocycles. The molecule has 0 fully saturated rings. The van der Waals surface area contributed by atoms with E-state index in [0.717, 1.165) is 4.47 Å². The Labute approximate surface area is 84.9 Å². The summed E-state index contributed by atoms with van der Waals surface area (Å²) in [5.41, 5.74) is 6.02. The van der Waals surface area contributed by atoms with Crippen LogP contribution >= 0.6 is 15.9 Å². The van der Waals surface area contributed by atoms with Gasteiger partial charge in [-0.3, -0.25) is 0 Å². The third kappa shape index (κ3) is 2.40. The molecule has 1 rings (SSSR count). The summed E-state index contributed by atoms with van der Waals surface area (Å²) < 4.78 is 5.65. The molecule has 1 aromatic rings. The highest BCUT2D eigenvalue weighted by Gasteiger charge is 2.10. The van der Waals surface area contributed by atoms with Crippen molar-refractivity contribution in [2.24, 2.45) is 5.73 Å². The maximum atomic E-state index is 9.49. The van der Waals surface area contributed by atoms with Crippen molar-refractivity contribution in [2.75, 3.05) is 13.7 Å². The van der Waals surface area contributed by atoms with Crippen LogP contribution in [0.2, 0.25) is 0 Å². The largest absolute Gasteiger partial charge is 0.481 e. The van der Waals surface area contributed by atoms with Crippen molar-refractivity contribution in [3.05, 3.63) is 22.3 Å². The maximum absolute atomic E-state index is 9.49. The molecule has 3 N–H and O–H groups in total. The third-order valence-electron chi connectivity index (χ3n) is 1.65.